The van der Waals surface area contributed by atoms with E-state index in [1.54, 1.807) is 30.3 Å². The first kappa shape index (κ1) is 12.6. The Morgan fingerprint density at radius 1 is 1.33 bits per heavy atom. The monoisotopic (exact) mass is 248 g/mol. The number of nitrogens with one attached hydrogen (secondary N) is 1. The largest absolute Gasteiger partial charge is 0.479 e. The summed E-state index contributed by atoms with van der Waals surface area (Å²) in [7, 11) is 0. The maximum atomic E-state index is 12.0. The van der Waals surface area contributed by atoms with Crippen LogP contribution in [0.1, 0.15) is 24.4 Å². The Labute approximate surface area is 105 Å². The zero-order valence-electron chi connectivity index (χ0n) is 9.93. The van der Waals surface area contributed by atoms with Crippen molar-refractivity contribution in [2.24, 2.45) is 11.1 Å². The molecule has 0 radical (unpaired) electrons. The lowest BCUT2D eigenvalue weighted by Crippen LogP contribution is -2.41. The molecule has 5 heteroatoms. The highest BCUT2D eigenvalue weighted by atomic mass is 16.4. The summed E-state index contributed by atoms with van der Waals surface area (Å²) in [5, 5.41) is 11.8. The molecule has 2 rings (SSSR count). The summed E-state index contributed by atoms with van der Waals surface area (Å²) in [5.74, 6) is -1.33. The number of carboxylic acid groups (broad SMARTS) is 1. The van der Waals surface area contributed by atoms with Gasteiger partial charge in [0.15, 0.2) is 6.04 Å². The Morgan fingerprint density at radius 2 is 1.94 bits per heavy atom. The predicted molar refractivity (Wildman–Crippen MR) is 65.7 cm³/mol. The number of amides is 1. The molecule has 1 atom stereocenters. The Bertz CT molecular complexity index is 455. The Hall–Kier alpha value is -1.88. The SMILES string of the molecule is NCC1(C(=O)NC(C(=O)O)c2ccccc2)CC1. The fraction of sp³-hybridized carbons (Fsp3) is 0.385. The summed E-state index contributed by atoms with van der Waals surface area (Å²) in [6, 6.07) is 7.64. The quantitative estimate of drug-likeness (QED) is 0.714. The highest BCUT2D eigenvalue weighted by Crippen LogP contribution is 2.45. The van der Waals surface area contributed by atoms with Crippen molar-refractivity contribution in [1.29, 1.82) is 0 Å². The number of hydrogen-bond acceptors (Lipinski definition) is 3. The van der Waals surface area contributed by atoms with Crippen LogP contribution in [-0.2, 0) is 9.59 Å². The van der Waals surface area contributed by atoms with Crippen molar-refractivity contribution in [3.63, 3.8) is 0 Å². The number of nitrogens with two attached hydrogens (primary N) is 1. The molecule has 0 saturated heterocycles. The van der Waals surface area contributed by atoms with Crippen molar-refractivity contribution in [2.45, 2.75) is 18.9 Å². The van der Waals surface area contributed by atoms with Crippen LogP contribution in [0.4, 0.5) is 0 Å². The van der Waals surface area contributed by atoms with Gasteiger partial charge in [0.25, 0.3) is 0 Å². The average molecular weight is 248 g/mol. The van der Waals surface area contributed by atoms with E-state index in [0.29, 0.717) is 5.56 Å². The van der Waals surface area contributed by atoms with Crippen LogP contribution in [-0.4, -0.2) is 23.5 Å². The highest BCUT2D eigenvalue weighted by molar-refractivity contribution is 5.90. The van der Waals surface area contributed by atoms with E-state index in [9.17, 15) is 14.7 Å². The minimum Gasteiger partial charge on any atom is -0.479 e. The van der Waals surface area contributed by atoms with Crippen molar-refractivity contribution in [3.8, 4) is 0 Å². The minimum absolute atomic E-state index is 0.263. The highest BCUT2D eigenvalue weighted by Gasteiger charge is 2.49. The van der Waals surface area contributed by atoms with E-state index in [2.05, 4.69) is 5.32 Å². The second-order valence-corrected chi connectivity index (χ2v) is 4.64. The molecule has 1 unspecified atom stereocenters. The maximum absolute atomic E-state index is 12.0. The molecule has 1 amide bonds. The Morgan fingerprint density at radius 3 is 2.39 bits per heavy atom. The van der Waals surface area contributed by atoms with Gasteiger partial charge in [0.1, 0.15) is 0 Å². The molecule has 0 spiro atoms. The minimum atomic E-state index is -1.07. The first-order chi connectivity index (χ1) is 8.59. The summed E-state index contributed by atoms with van der Waals surface area (Å²) in [6.07, 6.45) is 1.47. The molecule has 0 bridgehead atoms. The Kier molecular flexibility index (Phi) is 3.34. The first-order valence-corrected chi connectivity index (χ1v) is 5.88. The Balaban J connectivity index is 2.13. The van der Waals surface area contributed by atoms with Gasteiger partial charge in [0.05, 0.1) is 5.41 Å². The van der Waals surface area contributed by atoms with E-state index in [-0.39, 0.29) is 12.5 Å². The van der Waals surface area contributed by atoms with Crippen molar-refractivity contribution >= 4 is 11.9 Å². The van der Waals surface area contributed by atoms with Crippen LogP contribution in [0.15, 0.2) is 30.3 Å². The summed E-state index contributed by atoms with van der Waals surface area (Å²) in [4.78, 5) is 23.2. The van der Waals surface area contributed by atoms with Crippen LogP contribution >= 0.6 is 0 Å². The van der Waals surface area contributed by atoms with E-state index in [4.69, 9.17) is 5.73 Å². The number of carboxylic acids is 1. The predicted octanol–water partition coefficient (Wildman–Crippen LogP) is 0.667. The van der Waals surface area contributed by atoms with E-state index < -0.39 is 17.4 Å². The maximum Gasteiger partial charge on any atom is 0.330 e. The number of rotatable bonds is 5. The lowest BCUT2D eigenvalue weighted by molar-refractivity contribution is -0.142. The summed E-state index contributed by atoms with van der Waals surface area (Å²) >= 11 is 0. The lowest BCUT2D eigenvalue weighted by Gasteiger charge is -2.18. The van der Waals surface area contributed by atoms with Crippen LogP contribution in [0.25, 0.3) is 0 Å². The van der Waals surface area contributed by atoms with Crippen LogP contribution in [0.2, 0.25) is 0 Å². The number of carbonyl (C=O) groups excluding carboxylic acids is 1. The molecular weight excluding hydrogens is 232 g/mol. The van der Waals surface area contributed by atoms with Crippen LogP contribution < -0.4 is 11.1 Å². The number of hydrogen-bond donors (Lipinski definition) is 3. The van der Waals surface area contributed by atoms with Crippen LogP contribution in [0.5, 0.6) is 0 Å². The normalized spacial score (nSPS) is 17.8. The van der Waals surface area contributed by atoms with Gasteiger partial charge < -0.3 is 16.2 Å². The third kappa shape index (κ3) is 2.36. The van der Waals surface area contributed by atoms with E-state index in [1.165, 1.54) is 0 Å². The van der Waals surface area contributed by atoms with Gasteiger partial charge in [0, 0.05) is 6.54 Å². The van der Waals surface area contributed by atoms with Gasteiger partial charge in [-0.1, -0.05) is 30.3 Å². The molecule has 1 fully saturated rings. The molecule has 1 aliphatic carbocycles. The fourth-order valence-corrected chi connectivity index (χ4v) is 1.89. The average Bonchev–Trinajstić information content (AvgIpc) is 3.17. The second-order valence-electron chi connectivity index (χ2n) is 4.64. The molecule has 1 saturated carbocycles. The smallest absolute Gasteiger partial charge is 0.330 e. The van der Waals surface area contributed by atoms with Crippen molar-refractivity contribution in [2.75, 3.05) is 6.54 Å². The molecule has 0 aliphatic heterocycles. The standard InChI is InChI=1S/C13H16N2O3/c14-8-13(6-7-13)12(18)15-10(11(16)17)9-4-2-1-3-5-9/h1-5,10H,6-8,14H2,(H,15,18)(H,16,17). The molecule has 0 aromatic heterocycles. The second kappa shape index (κ2) is 4.78. The molecule has 18 heavy (non-hydrogen) atoms. The van der Waals surface area contributed by atoms with Gasteiger partial charge in [-0.3, -0.25) is 4.79 Å². The molecule has 1 aromatic rings. The molecule has 4 N–H and O–H groups in total. The summed E-state index contributed by atoms with van der Waals surface area (Å²) in [5.41, 5.74) is 5.57. The van der Waals surface area contributed by atoms with Gasteiger partial charge in [-0.05, 0) is 18.4 Å². The van der Waals surface area contributed by atoms with Gasteiger partial charge >= 0.3 is 5.97 Å². The van der Waals surface area contributed by atoms with Crippen molar-refractivity contribution < 1.29 is 14.7 Å². The van der Waals surface area contributed by atoms with E-state index in [0.717, 1.165) is 12.8 Å². The van der Waals surface area contributed by atoms with Gasteiger partial charge in [-0.25, -0.2) is 4.79 Å². The van der Waals surface area contributed by atoms with Crippen LogP contribution in [0.3, 0.4) is 0 Å². The third-order valence-corrected chi connectivity index (χ3v) is 3.38. The summed E-state index contributed by atoms with van der Waals surface area (Å²) in [6.45, 7) is 0.264. The molecule has 0 heterocycles. The summed E-state index contributed by atoms with van der Waals surface area (Å²) < 4.78 is 0. The molecule has 96 valence electrons. The van der Waals surface area contributed by atoms with E-state index >= 15 is 0 Å². The number of aliphatic carboxylic acids is 1. The number of benzene rings is 1. The number of carbonyl (C=O) groups is 2. The first-order valence-electron chi connectivity index (χ1n) is 5.88. The molecule has 1 aliphatic rings. The third-order valence-electron chi connectivity index (χ3n) is 3.38. The van der Waals surface area contributed by atoms with Gasteiger partial charge in [-0.15, -0.1) is 0 Å². The molecular formula is C13H16N2O3. The fourth-order valence-electron chi connectivity index (χ4n) is 1.89. The van der Waals surface area contributed by atoms with Crippen molar-refractivity contribution in [3.05, 3.63) is 35.9 Å². The van der Waals surface area contributed by atoms with Crippen molar-refractivity contribution in [1.82, 2.24) is 5.32 Å². The molecule has 1 aromatic carbocycles. The lowest BCUT2D eigenvalue weighted by atomic mass is 10.0. The van der Waals surface area contributed by atoms with E-state index in [1.807, 2.05) is 0 Å². The molecule has 5 nitrogen and oxygen atoms in total. The van der Waals surface area contributed by atoms with Gasteiger partial charge in [0.2, 0.25) is 5.91 Å². The zero-order chi connectivity index (χ0) is 13.2. The van der Waals surface area contributed by atoms with Crippen LogP contribution in [0, 0.1) is 5.41 Å². The van der Waals surface area contributed by atoms with Gasteiger partial charge in [-0.2, -0.15) is 0 Å². The topological polar surface area (TPSA) is 92.4 Å². The zero-order valence-corrected chi connectivity index (χ0v) is 9.93.